The zero-order valence-electron chi connectivity index (χ0n) is 14.1. The fourth-order valence-corrected chi connectivity index (χ4v) is 4.05. The summed E-state index contributed by atoms with van der Waals surface area (Å²) in [5.74, 6) is 1.25. The van der Waals surface area contributed by atoms with Crippen molar-refractivity contribution in [1.29, 1.82) is 0 Å². The first-order valence-electron chi connectivity index (χ1n) is 8.47. The molecule has 0 radical (unpaired) electrons. The third-order valence-electron chi connectivity index (χ3n) is 5.76. The first-order valence-corrected chi connectivity index (χ1v) is 8.47. The molecule has 2 aromatic rings. The van der Waals surface area contributed by atoms with Crippen molar-refractivity contribution in [1.82, 2.24) is 15.0 Å². The number of nitrogens with zero attached hydrogens (tertiary/aromatic N) is 3. The van der Waals surface area contributed by atoms with Crippen LogP contribution in [-0.4, -0.2) is 21.7 Å². The van der Waals surface area contributed by atoms with E-state index in [9.17, 15) is 4.79 Å². The van der Waals surface area contributed by atoms with Crippen LogP contribution in [0.2, 0.25) is 0 Å². The fraction of sp³-hybridized carbons (Fsp3) is 0.421. The number of amides is 1. The molecule has 1 aromatic heterocycles. The van der Waals surface area contributed by atoms with Gasteiger partial charge in [0.25, 0.3) is 5.91 Å². The molecule has 0 spiro atoms. The Morgan fingerprint density at radius 2 is 2.29 bits per heavy atom. The number of allylic oxidation sites excluding steroid dienone is 2. The van der Waals surface area contributed by atoms with Gasteiger partial charge in [0.2, 0.25) is 0 Å². The predicted molar refractivity (Wildman–Crippen MR) is 94.4 cm³/mol. The summed E-state index contributed by atoms with van der Waals surface area (Å²) in [7, 11) is 0. The number of hydrogen-bond donors (Lipinski definition) is 1. The standard InChI is InChI=1S/C19H22N4O/c1-19(2)14-8-7-13(15(19)9-14)10-21-22-18(24)11-23-12-20-16-5-3-4-6-17(16)23/h3-7,10,12,14-15H,8-9,11H2,1-2H3,(H,22,24)/b21-10+. The van der Waals surface area contributed by atoms with Gasteiger partial charge in [-0.05, 0) is 47.8 Å². The number of imidazole rings is 1. The summed E-state index contributed by atoms with van der Waals surface area (Å²) in [6.07, 6.45) is 8.16. The topological polar surface area (TPSA) is 59.3 Å². The highest BCUT2D eigenvalue weighted by molar-refractivity contribution is 5.84. The number of benzene rings is 1. The van der Waals surface area contributed by atoms with Crippen LogP contribution in [0.3, 0.4) is 0 Å². The predicted octanol–water partition coefficient (Wildman–Crippen LogP) is 3.13. The van der Waals surface area contributed by atoms with Gasteiger partial charge in [-0.1, -0.05) is 32.1 Å². The number of carbonyl (C=O) groups is 1. The first-order chi connectivity index (χ1) is 11.6. The molecule has 1 aromatic carbocycles. The van der Waals surface area contributed by atoms with Crippen molar-refractivity contribution >= 4 is 23.2 Å². The van der Waals surface area contributed by atoms with Crippen LogP contribution in [0.5, 0.6) is 0 Å². The van der Waals surface area contributed by atoms with Gasteiger partial charge in [0.05, 0.1) is 23.6 Å². The second kappa shape index (κ2) is 5.58. The highest BCUT2D eigenvalue weighted by atomic mass is 16.2. The zero-order chi connectivity index (χ0) is 16.7. The van der Waals surface area contributed by atoms with Crippen LogP contribution in [0.1, 0.15) is 26.7 Å². The van der Waals surface area contributed by atoms with Gasteiger partial charge in [0.15, 0.2) is 0 Å². The molecule has 5 rings (SSSR count). The van der Waals surface area contributed by atoms with Gasteiger partial charge in [-0.25, -0.2) is 10.4 Å². The maximum Gasteiger partial charge on any atom is 0.260 e. The lowest BCUT2D eigenvalue weighted by molar-refractivity contribution is -0.121. The number of carbonyl (C=O) groups excluding carboxylic acids is 1. The lowest BCUT2D eigenvalue weighted by Crippen LogP contribution is -2.48. The van der Waals surface area contributed by atoms with Crippen molar-refractivity contribution in [2.75, 3.05) is 0 Å². The van der Waals surface area contributed by atoms with Gasteiger partial charge in [0, 0.05) is 0 Å². The van der Waals surface area contributed by atoms with E-state index in [4.69, 9.17) is 0 Å². The third kappa shape index (κ3) is 2.44. The van der Waals surface area contributed by atoms with Crippen LogP contribution in [0.25, 0.3) is 11.0 Å². The Kier molecular flexibility index (Phi) is 3.52. The van der Waals surface area contributed by atoms with Crippen molar-refractivity contribution in [3.63, 3.8) is 0 Å². The molecule has 2 atom stereocenters. The largest absolute Gasteiger partial charge is 0.321 e. The molecule has 1 fully saturated rings. The van der Waals surface area contributed by atoms with Gasteiger partial charge in [-0.15, -0.1) is 0 Å². The van der Waals surface area contributed by atoms with Crippen LogP contribution in [-0.2, 0) is 11.3 Å². The molecular weight excluding hydrogens is 300 g/mol. The van der Waals surface area contributed by atoms with E-state index >= 15 is 0 Å². The number of hydrogen-bond acceptors (Lipinski definition) is 3. The van der Waals surface area contributed by atoms with Crippen molar-refractivity contribution in [3.8, 4) is 0 Å². The Bertz CT molecular complexity index is 846. The lowest BCUT2D eigenvalue weighted by Gasteiger charge is -2.55. The molecule has 1 saturated carbocycles. The normalized spacial score (nSPS) is 24.7. The lowest BCUT2D eigenvalue weighted by atomic mass is 9.49. The summed E-state index contributed by atoms with van der Waals surface area (Å²) < 4.78 is 1.83. The summed E-state index contributed by atoms with van der Waals surface area (Å²) in [6.45, 7) is 4.87. The molecule has 0 aliphatic heterocycles. The summed E-state index contributed by atoms with van der Waals surface area (Å²) in [5.41, 5.74) is 6.11. The van der Waals surface area contributed by atoms with Gasteiger partial charge < -0.3 is 4.57 Å². The highest BCUT2D eigenvalue weighted by Crippen LogP contribution is 2.58. The molecular formula is C19H22N4O. The van der Waals surface area contributed by atoms with Crippen molar-refractivity contribution in [2.24, 2.45) is 22.4 Å². The molecule has 24 heavy (non-hydrogen) atoms. The summed E-state index contributed by atoms with van der Waals surface area (Å²) in [4.78, 5) is 16.4. The summed E-state index contributed by atoms with van der Waals surface area (Å²) in [5, 5.41) is 4.17. The number of aromatic nitrogens is 2. The number of hydrazone groups is 1. The fourth-order valence-electron chi connectivity index (χ4n) is 4.05. The van der Waals surface area contributed by atoms with E-state index in [1.165, 1.54) is 12.0 Å². The monoisotopic (exact) mass is 322 g/mol. The highest BCUT2D eigenvalue weighted by Gasteiger charge is 2.50. The van der Waals surface area contributed by atoms with Gasteiger partial charge in [-0.3, -0.25) is 4.79 Å². The van der Waals surface area contributed by atoms with Crippen LogP contribution in [0, 0.1) is 17.3 Å². The quantitative estimate of drug-likeness (QED) is 0.694. The van der Waals surface area contributed by atoms with Crippen LogP contribution in [0.15, 0.2) is 47.3 Å². The number of para-hydroxylation sites is 2. The molecule has 5 nitrogen and oxygen atoms in total. The van der Waals surface area contributed by atoms with Crippen LogP contribution in [0.4, 0.5) is 0 Å². The van der Waals surface area contributed by atoms with E-state index in [0.717, 1.165) is 23.4 Å². The van der Waals surface area contributed by atoms with Gasteiger partial charge in [0.1, 0.15) is 6.54 Å². The number of rotatable bonds is 4. The molecule has 1 amide bonds. The molecule has 1 N–H and O–H groups in total. The van der Waals surface area contributed by atoms with Gasteiger partial charge >= 0.3 is 0 Å². The SMILES string of the molecule is CC1(C)C2CC=C(/C=N/NC(=O)Cn3cnc4ccccc43)C1C2. The van der Waals surface area contributed by atoms with E-state index in [2.05, 4.69) is 35.4 Å². The second-order valence-corrected chi connectivity index (χ2v) is 7.40. The number of fused-ring (bicyclic) bond motifs is 2. The molecule has 124 valence electrons. The Morgan fingerprint density at radius 3 is 3.08 bits per heavy atom. The Hall–Kier alpha value is -2.43. The summed E-state index contributed by atoms with van der Waals surface area (Å²) >= 11 is 0. The molecule has 0 saturated heterocycles. The molecule has 3 aliphatic carbocycles. The molecule has 2 unspecified atom stereocenters. The minimum Gasteiger partial charge on any atom is -0.321 e. The smallest absolute Gasteiger partial charge is 0.260 e. The van der Waals surface area contributed by atoms with E-state index in [-0.39, 0.29) is 12.5 Å². The minimum absolute atomic E-state index is 0.142. The first kappa shape index (κ1) is 15.1. The van der Waals surface area contributed by atoms with E-state index in [0.29, 0.717) is 11.3 Å². The van der Waals surface area contributed by atoms with Crippen molar-refractivity contribution in [3.05, 3.63) is 42.2 Å². The molecule has 2 bridgehead atoms. The molecule has 3 aliphatic rings. The average molecular weight is 322 g/mol. The minimum atomic E-state index is -0.142. The van der Waals surface area contributed by atoms with Crippen LogP contribution >= 0.6 is 0 Å². The molecule has 5 heteroatoms. The summed E-state index contributed by atoms with van der Waals surface area (Å²) in [6, 6.07) is 7.78. The van der Waals surface area contributed by atoms with Crippen LogP contribution < -0.4 is 5.43 Å². The Morgan fingerprint density at radius 1 is 1.46 bits per heavy atom. The Labute approximate surface area is 141 Å². The Balaban J connectivity index is 1.38. The van der Waals surface area contributed by atoms with Crippen molar-refractivity contribution < 1.29 is 4.79 Å². The third-order valence-corrected chi connectivity index (χ3v) is 5.76. The van der Waals surface area contributed by atoms with Gasteiger partial charge in [-0.2, -0.15) is 5.10 Å². The maximum atomic E-state index is 12.1. The van der Waals surface area contributed by atoms with Crippen molar-refractivity contribution in [2.45, 2.75) is 33.2 Å². The molecule has 1 heterocycles. The van der Waals surface area contributed by atoms with E-state index in [1.807, 2.05) is 35.0 Å². The maximum absolute atomic E-state index is 12.1. The zero-order valence-corrected chi connectivity index (χ0v) is 14.1. The van der Waals surface area contributed by atoms with E-state index in [1.54, 1.807) is 6.33 Å². The average Bonchev–Trinajstić information content (AvgIpc) is 2.98. The second-order valence-electron chi connectivity index (χ2n) is 7.40. The number of nitrogens with one attached hydrogen (secondary N) is 1. The van der Waals surface area contributed by atoms with E-state index < -0.39 is 0 Å².